The summed E-state index contributed by atoms with van der Waals surface area (Å²) in [4.78, 5) is 20.5. The number of carboxylic acid groups (broad SMARTS) is 1. The van der Waals surface area contributed by atoms with Crippen molar-refractivity contribution < 1.29 is 14.8 Å². The largest absolute Gasteiger partial charge is 0.480 e. The van der Waals surface area contributed by atoms with Gasteiger partial charge in [-0.05, 0) is 24.5 Å². The van der Waals surface area contributed by atoms with E-state index in [-0.39, 0.29) is 24.5 Å². The molecule has 0 aliphatic heterocycles. The summed E-state index contributed by atoms with van der Waals surface area (Å²) in [5, 5.41) is 19.1. The van der Waals surface area contributed by atoms with Crippen molar-refractivity contribution in [2.45, 2.75) is 19.4 Å². The van der Waals surface area contributed by atoms with Crippen molar-refractivity contribution in [2.24, 2.45) is 5.73 Å². The van der Waals surface area contributed by atoms with E-state index in [4.69, 9.17) is 10.8 Å². The van der Waals surface area contributed by atoms with Gasteiger partial charge in [-0.1, -0.05) is 6.07 Å². The molecule has 0 aliphatic rings. The van der Waals surface area contributed by atoms with Gasteiger partial charge in [0.05, 0.1) is 4.92 Å². The van der Waals surface area contributed by atoms with E-state index in [0.29, 0.717) is 11.1 Å². The highest BCUT2D eigenvalue weighted by molar-refractivity contribution is 5.85. The normalized spacial score (nSPS) is 11.4. The third-order valence-corrected chi connectivity index (χ3v) is 2.29. The lowest BCUT2D eigenvalue weighted by atomic mass is 10.0. The summed E-state index contributed by atoms with van der Waals surface area (Å²) in [5.74, 6) is -1.09. The molecule has 0 heterocycles. The summed E-state index contributed by atoms with van der Waals surface area (Å²) in [7, 11) is 0. The Kier molecular flexibility index (Phi) is 5.57. The van der Waals surface area contributed by atoms with Crippen molar-refractivity contribution in [3.8, 4) is 0 Å². The van der Waals surface area contributed by atoms with Crippen LogP contribution in [0.5, 0.6) is 0 Å². The smallest absolute Gasteiger partial charge is 0.320 e. The molecule has 0 saturated heterocycles. The summed E-state index contributed by atoms with van der Waals surface area (Å²) in [6, 6.07) is 3.30. The Hall–Kier alpha value is -1.66. The second kappa shape index (κ2) is 6.17. The minimum Gasteiger partial charge on any atom is -0.480 e. The summed E-state index contributed by atoms with van der Waals surface area (Å²) in [6.45, 7) is 1.69. The van der Waals surface area contributed by atoms with E-state index in [1.54, 1.807) is 6.92 Å². The number of carboxylic acids is 1. The van der Waals surface area contributed by atoms with E-state index in [1.807, 2.05) is 0 Å². The highest BCUT2D eigenvalue weighted by Crippen LogP contribution is 2.18. The van der Waals surface area contributed by atoms with Crippen LogP contribution in [0, 0.1) is 17.0 Å². The average Bonchev–Trinajstić information content (AvgIpc) is 2.20. The Bertz CT molecular complexity index is 436. The molecule has 1 aromatic rings. The molecule has 7 heteroatoms. The molecule has 94 valence electrons. The first-order valence-corrected chi connectivity index (χ1v) is 4.64. The first-order chi connectivity index (χ1) is 7.41. The Balaban J connectivity index is 0.00000256. The molecule has 0 radical (unpaired) electrons. The van der Waals surface area contributed by atoms with Crippen LogP contribution in [-0.4, -0.2) is 22.0 Å². The number of non-ortho nitro benzene ring substituents is 1. The second-order valence-electron chi connectivity index (χ2n) is 3.52. The topological polar surface area (TPSA) is 106 Å². The molecule has 17 heavy (non-hydrogen) atoms. The molecule has 3 N–H and O–H groups in total. The Morgan fingerprint density at radius 1 is 1.59 bits per heavy atom. The average molecular weight is 261 g/mol. The Labute approximate surface area is 104 Å². The predicted molar refractivity (Wildman–Crippen MR) is 64.4 cm³/mol. The zero-order chi connectivity index (χ0) is 12.3. The van der Waals surface area contributed by atoms with Crippen molar-refractivity contribution in [3.63, 3.8) is 0 Å². The van der Waals surface area contributed by atoms with Crippen molar-refractivity contribution in [3.05, 3.63) is 39.4 Å². The van der Waals surface area contributed by atoms with E-state index < -0.39 is 16.9 Å². The summed E-state index contributed by atoms with van der Waals surface area (Å²) in [5.41, 5.74) is 6.75. The molecular weight excluding hydrogens is 248 g/mol. The van der Waals surface area contributed by atoms with Gasteiger partial charge in [0.1, 0.15) is 6.04 Å². The first kappa shape index (κ1) is 15.3. The monoisotopic (exact) mass is 260 g/mol. The van der Waals surface area contributed by atoms with Crippen LogP contribution in [0.3, 0.4) is 0 Å². The summed E-state index contributed by atoms with van der Waals surface area (Å²) < 4.78 is 0. The van der Waals surface area contributed by atoms with E-state index in [2.05, 4.69) is 0 Å². The van der Waals surface area contributed by atoms with Crippen LogP contribution in [0.2, 0.25) is 0 Å². The molecule has 1 unspecified atom stereocenters. The number of nitro benzene ring substituents is 1. The standard InChI is InChI=1S/C10H12N2O4.ClH/c1-6-4-8(12(15)16)3-2-7(6)5-9(11)10(13)14;/h2-4,9H,5,11H2,1H3,(H,13,14);1H. The van der Waals surface area contributed by atoms with Crippen molar-refractivity contribution in [1.29, 1.82) is 0 Å². The number of benzene rings is 1. The maximum atomic E-state index is 10.6. The van der Waals surface area contributed by atoms with Gasteiger partial charge in [-0.15, -0.1) is 12.4 Å². The number of nitrogens with two attached hydrogens (primary N) is 1. The molecule has 0 fully saturated rings. The van der Waals surface area contributed by atoms with Gasteiger partial charge >= 0.3 is 5.97 Å². The maximum absolute atomic E-state index is 10.6. The van der Waals surface area contributed by atoms with Crippen LogP contribution in [0.25, 0.3) is 0 Å². The predicted octanol–water partition coefficient (Wildman–Crippen LogP) is 1.28. The zero-order valence-electron chi connectivity index (χ0n) is 9.12. The Morgan fingerprint density at radius 2 is 2.18 bits per heavy atom. The quantitative estimate of drug-likeness (QED) is 0.626. The molecule has 0 saturated carbocycles. The van der Waals surface area contributed by atoms with Gasteiger partial charge in [0.2, 0.25) is 0 Å². The van der Waals surface area contributed by atoms with Crippen LogP contribution in [0.1, 0.15) is 11.1 Å². The fourth-order valence-electron chi connectivity index (χ4n) is 1.35. The van der Waals surface area contributed by atoms with Crippen LogP contribution in [-0.2, 0) is 11.2 Å². The Morgan fingerprint density at radius 3 is 2.59 bits per heavy atom. The molecule has 6 nitrogen and oxygen atoms in total. The first-order valence-electron chi connectivity index (χ1n) is 4.64. The number of nitrogens with zero attached hydrogens (tertiary/aromatic N) is 1. The SMILES string of the molecule is Cc1cc([N+](=O)[O-])ccc1CC(N)C(=O)O.Cl. The fourth-order valence-corrected chi connectivity index (χ4v) is 1.35. The number of aryl methyl sites for hydroxylation is 1. The number of nitro groups is 1. The van der Waals surface area contributed by atoms with Crippen molar-refractivity contribution >= 4 is 24.1 Å². The minimum atomic E-state index is -1.09. The summed E-state index contributed by atoms with van der Waals surface area (Å²) >= 11 is 0. The molecule has 0 aliphatic carbocycles. The van der Waals surface area contributed by atoms with Crippen molar-refractivity contribution in [1.82, 2.24) is 0 Å². The number of hydrogen-bond donors (Lipinski definition) is 2. The second-order valence-corrected chi connectivity index (χ2v) is 3.52. The molecule has 0 aromatic heterocycles. The number of carbonyl (C=O) groups is 1. The lowest BCUT2D eigenvalue weighted by molar-refractivity contribution is -0.384. The van der Waals surface area contributed by atoms with Crippen LogP contribution in [0.4, 0.5) is 5.69 Å². The third-order valence-electron chi connectivity index (χ3n) is 2.29. The lowest BCUT2D eigenvalue weighted by Crippen LogP contribution is -2.32. The molecule has 0 spiro atoms. The van der Waals surface area contributed by atoms with Gasteiger partial charge in [0, 0.05) is 12.1 Å². The molecular formula is C10H13ClN2O4. The number of aliphatic carboxylic acids is 1. The van der Waals surface area contributed by atoms with Gasteiger partial charge < -0.3 is 10.8 Å². The fraction of sp³-hybridized carbons (Fsp3) is 0.300. The van der Waals surface area contributed by atoms with Gasteiger partial charge in [-0.25, -0.2) is 0 Å². The van der Waals surface area contributed by atoms with Crippen LogP contribution < -0.4 is 5.73 Å². The van der Waals surface area contributed by atoms with Gasteiger partial charge in [0.25, 0.3) is 5.69 Å². The van der Waals surface area contributed by atoms with E-state index in [0.717, 1.165) is 0 Å². The zero-order valence-corrected chi connectivity index (χ0v) is 9.94. The molecule has 0 amide bonds. The van der Waals surface area contributed by atoms with Crippen molar-refractivity contribution in [2.75, 3.05) is 0 Å². The third kappa shape index (κ3) is 4.01. The van der Waals surface area contributed by atoms with Gasteiger partial charge in [0.15, 0.2) is 0 Å². The maximum Gasteiger partial charge on any atom is 0.320 e. The molecule has 0 bridgehead atoms. The van der Waals surface area contributed by atoms with E-state index in [9.17, 15) is 14.9 Å². The lowest BCUT2D eigenvalue weighted by Gasteiger charge is -2.08. The number of hydrogen-bond acceptors (Lipinski definition) is 4. The minimum absolute atomic E-state index is 0. The molecule has 1 rings (SSSR count). The summed E-state index contributed by atoms with van der Waals surface area (Å²) in [6.07, 6.45) is 0.166. The molecule has 1 aromatic carbocycles. The van der Waals surface area contributed by atoms with E-state index in [1.165, 1.54) is 18.2 Å². The van der Waals surface area contributed by atoms with Crippen LogP contribution in [0.15, 0.2) is 18.2 Å². The molecule has 1 atom stereocenters. The highest BCUT2D eigenvalue weighted by Gasteiger charge is 2.15. The van der Waals surface area contributed by atoms with Crippen LogP contribution >= 0.6 is 12.4 Å². The van der Waals surface area contributed by atoms with Gasteiger partial charge in [-0.3, -0.25) is 14.9 Å². The number of rotatable bonds is 4. The number of halogens is 1. The van der Waals surface area contributed by atoms with Gasteiger partial charge in [-0.2, -0.15) is 0 Å². The van der Waals surface area contributed by atoms with E-state index >= 15 is 0 Å². The highest BCUT2D eigenvalue weighted by atomic mass is 35.5.